The second-order valence-electron chi connectivity index (χ2n) is 7.10. The Morgan fingerprint density at radius 2 is 1.81 bits per heavy atom. The number of nitrogens with zero attached hydrogens (tertiary/aromatic N) is 4. The molecule has 0 radical (unpaired) electrons. The minimum absolute atomic E-state index is 0.134. The molecule has 1 amide bonds. The molecule has 2 aromatic heterocycles. The number of nitrogens with one attached hydrogen (secondary N) is 1. The molecule has 9 heteroatoms. The van der Waals surface area contributed by atoms with Gasteiger partial charge in [-0.05, 0) is 50.2 Å². The van der Waals surface area contributed by atoms with E-state index >= 15 is 0 Å². The number of carbonyl (C=O) groups is 1. The smallest absolute Gasteiger partial charge is 0.320 e. The molecule has 0 aliphatic rings. The fourth-order valence-corrected chi connectivity index (χ4v) is 3.67. The number of rotatable bonds is 6. The van der Waals surface area contributed by atoms with Crippen LogP contribution in [-0.4, -0.2) is 31.8 Å². The van der Waals surface area contributed by atoms with Gasteiger partial charge in [-0.25, -0.2) is 14.1 Å². The maximum absolute atomic E-state index is 13.5. The minimum atomic E-state index is -2.73. The number of aryl methyl sites for hydroxylation is 1. The van der Waals surface area contributed by atoms with Gasteiger partial charge in [0.05, 0.1) is 33.7 Å². The lowest BCUT2D eigenvalue weighted by atomic mass is 10.2. The summed E-state index contributed by atoms with van der Waals surface area (Å²) in [6.45, 7) is 0.860. The molecule has 4 rings (SSSR count). The van der Waals surface area contributed by atoms with Crippen LogP contribution >= 0.6 is 0 Å². The maximum Gasteiger partial charge on any atom is 0.320 e. The van der Waals surface area contributed by atoms with Crippen LogP contribution in [0.4, 0.5) is 13.2 Å². The van der Waals surface area contributed by atoms with Crippen molar-refractivity contribution in [2.45, 2.75) is 26.8 Å². The highest BCUT2D eigenvalue weighted by Crippen LogP contribution is 2.23. The van der Waals surface area contributed by atoms with E-state index in [1.165, 1.54) is 12.1 Å². The Hall–Kier alpha value is -3.62. The van der Waals surface area contributed by atoms with Crippen LogP contribution < -0.4 is 5.32 Å². The summed E-state index contributed by atoms with van der Waals surface area (Å²) in [7, 11) is 0. The van der Waals surface area contributed by atoms with Gasteiger partial charge in [-0.1, -0.05) is 12.1 Å². The van der Waals surface area contributed by atoms with E-state index in [2.05, 4.69) is 15.4 Å². The van der Waals surface area contributed by atoms with E-state index in [4.69, 9.17) is 0 Å². The first-order valence-corrected chi connectivity index (χ1v) is 9.71. The summed E-state index contributed by atoms with van der Waals surface area (Å²) >= 11 is 0. The van der Waals surface area contributed by atoms with E-state index in [0.29, 0.717) is 33.7 Å². The van der Waals surface area contributed by atoms with Crippen molar-refractivity contribution in [2.75, 3.05) is 6.54 Å². The quantitative estimate of drug-likeness (QED) is 0.498. The normalized spacial score (nSPS) is 11.4. The van der Waals surface area contributed by atoms with Crippen LogP contribution in [0.3, 0.4) is 0 Å². The van der Waals surface area contributed by atoms with Gasteiger partial charge < -0.3 is 5.32 Å². The number of imidazole rings is 1. The molecule has 1 N–H and O–H groups in total. The van der Waals surface area contributed by atoms with E-state index in [1.807, 2.05) is 0 Å². The summed E-state index contributed by atoms with van der Waals surface area (Å²) in [6, 6.07) is 12.5. The Morgan fingerprint density at radius 1 is 1.10 bits per heavy atom. The van der Waals surface area contributed by atoms with E-state index in [0.717, 1.165) is 4.57 Å². The van der Waals surface area contributed by atoms with Crippen molar-refractivity contribution in [3.8, 4) is 5.69 Å². The number of para-hydroxylation sites is 2. The minimum Gasteiger partial charge on any atom is -0.351 e. The molecule has 4 aromatic rings. The molecule has 160 valence electrons. The molecule has 0 spiro atoms. The van der Waals surface area contributed by atoms with Crippen LogP contribution in [0.2, 0.25) is 0 Å². The number of hydrogen-bond acceptors (Lipinski definition) is 3. The molecular weight excluding hydrogens is 407 g/mol. The Morgan fingerprint density at radius 3 is 2.52 bits per heavy atom. The van der Waals surface area contributed by atoms with Gasteiger partial charge in [0, 0.05) is 13.0 Å². The summed E-state index contributed by atoms with van der Waals surface area (Å²) in [5.41, 5.74) is 2.97. The highest BCUT2D eigenvalue weighted by Gasteiger charge is 2.21. The Kier molecular flexibility index (Phi) is 5.50. The zero-order chi connectivity index (χ0) is 22.1. The third-order valence-corrected chi connectivity index (χ3v) is 5.09. The van der Waals surface area contributed by atoms with Crippen molar-refractivity contribution in [2.24, 2.45) is 0 Å². The molecule has 0 saturated heterocycles. The molecule has 0 aliphatic heterocycles. The van der Waals surface area contributed by atoms with Crippen molar-refractivity contribution < 1.29 is 18.0 Å². The number of aromatic nitrogens is 4. The summed E-state index contributed by atoms with van der Waals surface area (Å²) < 4.78 is 42.7. The number of hydrogen-bond donors (Lipinski definition) is 1. The van der Waals surface area contributed by atoms with E-state index in [-0.39, 0.29) is 30.5 Å². The first-order chi connectivity index (χ1) is 14.9. The number of fused-ring (bicyclic) bond motifs is 1. The largest absolute Gasteiger partial charge is 0.351 e. The standard InChI is InChI=1S/C22H20F3N5O/c1-13-20(14(2)30(28-13)16-9-7-15(23)8-10-16)21(31)26-12-11-19-27-17-5-3-4-6-18(17)29(19)22(24)25/h3-10,22H,11-12H2,1-2H3,(H,26,31). The van der Waals surface area contributed by atoms with E-state index in [1.54, 1.807) is 54.9 Å². The average molecular weight is 427 g/mol. The Balaban J connectivity index is 1.51. The van der Waals surface area contributed by atoms with Crippen LogP contribution in [0.5, 0.6) is 0 Å². The second-order valence-corrected chi connectivity index (χ2v) is 7.10. The number of carbonyl (C=O) groups excluding carboxylic acids is 1. The van der Waals surface area contributed by atoms with Gasteiger partial charge in [-0.2, -0.15) is 13.9 Å². The third kappa shape index (κ3) is 3.90. The van der Waals surface area contributed by atoms with Gasteiger partial charge >= 0.3 is 6.55 Å². The van der Waals surface area contributed by atoms with Crippen LogP contribution in [0, 0.1) is 19.7 Å². The number of halogens is 3. The van der Waals surface area contributed by atoms with Crippen molar-refractivity contribution in [1.29, 1.82) is 0 Å². The maximum atomic E-state index is 13.5. The second kappa shape index (κ2) is 8.25. The molecule has 0 aliphatic carbocycles. The molecule has 0 bridgehead atoms. The summed E-state index contributed by atoms with van der Waals surface area (Å²) in [5.74, 6) is -0.520. The molecule has 6 nitrogen and oxygen atoms in total. The summed E-state index contributed by atoms with van der Waals surface area (Å²) in [4.78, 5) is 17.0. The topological polar surface area (TPSA) is 64.7 Å². The highest BCUT2D eigenvalue weighted by atomic mass is 19.3. The summed E-state index contributed by atoms with van der Waals surface area (Å²) in [5, 5.41) is 7.14. The zero-order valence-corrected chi connectivity index (χ0v) is 16.9. The van der Waals surface area contributed by atoms with Gasteiger partial charge in [-0.3, -0.25) is 9.36 Å². The lowest BCUT2D eigenvalue weighted by molar-refractivity contribution is 0.0715. The fraction of sp³-hybridized carbons (Fsp3) is 0.227. The van der Waals surface area contributed by atoms with Gasteiger partial charge in [0.1, 0.15) is 11.6 Å². The molecule has 0 unspecified atom stereocenters. The SMILES string of the molecule is Cc1nn(-c2ccc(F)cc2)c(C)c1C(=O)NCCc1nc2ccccc2n1C(F)F. The molecular formula is C22H20F3N5O. The zero-order valence-electron chi connectivity index (χ0n) is 16.9. The van der Waals surface area contributed by atoms with E-state index < -0.39 is 6.55 Å². The van der Waals surface area contributed by atoms with Crippen molar-refractivity contribution in [1.82, 2.24) is 24.6 Å². The van der Waals surface area contributed by atoms with Gasteiger partial charge in [-0.15, -0.1) is 0 Å². The van der Waals surface area contributed by atoms with Crippen LogP contribution in [-0.2, 0) is 6.42 Å². The lowest BCUT2D eigenvalue weighted by Crippen LogP contribution is -2.27. The molecule has 0 fully saturated rings. The molecule has 0 atom stereocenters. The van der Waals surface area contributed by atoms with Crippen LogP contribution in [0.15, 0.2) is 48.5 Å². The van der Waals surface area contributed by atoms with E-state index in [9.17, 15) is 18.0 Å². The predicted octanol–water partition coefficient (Wildman–Crippen LogP) is 4.35. The Bertz CT molecular complexity index is 1240. The number of amides is 1. The monoisotopic (exact) mass is 427 g/mol. The van der Waals surface area contributed by atoms with Crippen molar-refractivity contribution in [3.05, 3.63) is 77.1 Å². The lowest BCUT2D eigenvalue weighted by Gasteiger charge is -2.09. The predicted molar refractivity (Wildman–Crippen MR) is 110 cm³/mol. The molecule has 2 aromatic carbocycles. The Labute approximate surface area is 176 Å². The number of alkyl halides is 2. The first-order valence-electron chi connectivity index (χ1n) is 9.71. The first kappa shape index (κ1) is 20.6. The molecule has 2 heterocycles. The summed E-state index contributed by atoms with van der Waals surface area (Å²) in [6.07, 6.45) is 0.148. The van der Waals surface area contributed by atoms with Gasteiger partial charge in [0.2, 0.25) is 0 Å². The highest BCUT2D eigenvalue weighted by molar-refractivity contribution is 5.96. The number of benzene rings is 2. The average Bonchev–Trinajstić information content (AvgIpc) is 3.25. The van der Waals surface area contributed by atoms with Gasteiger partial charge in [0.25, 0.3) is 5.91 Å². The van der Waals surface area contributed by atoms with Crippen molar-refractivity contribution >= 4 is 16.9 Å². The molecule has 31 heavy (non-hydrogen) atoms. The van der Waals surface area contributed by atoms with Crippen molar-refractivity contribution in [3.63, 3.8) is 0 Å². The molecule has 0 saturated carbocycles. The third-order valence-electron chi connectivity index (χ3n) is 5.09. The van der Waals surface area contributed by atoms with Gasteiger partial charge in [0.15, 0.2) is 0 Å². The van der Waals surface area contributed by atoms with Crippen LogP contribution in [0.1, 0.15) is 34.1 Å². The van der Waals surface area contributed by atoms with Crippen LogP contribution in [0.25, 0.3) is 16.7 Å². The fourth-order valence-electron chi connectivity index (χ4n) is 3.67.